The first-order valence-corrected chi connectivity index (χ1v) is 5.94. The number of benzene rings is 2. The molecule has 0 aliphatic rings. The third kappa shape index (κ3) is 3.33. The number of rotatable bonds is 5. The molecule has 20 heavy (non-hydrogen) atoms. The maximum atomic E-state index is 13.4. The molecule has 0 atom stereocenters. The van der Waals surface area contributed by atoms with E-state index in [0.29, 0.717) is 0 Å². The quantitative estimate of drug-likeness (QED) is 0.881. The van der Waals surface area contributed by atoms with Crippen LogP contribution in [0, 0.1) is 5.82 Å². The molecule has 104 valence electrons. The molecule has 0 aromatic heterocycles. The van der Waals surface area contributed by atoms with Crippen molar-refractivity contribution in [1.82, 2.24) is 0 Å². The minimum atomic E-state index is -1.31. The Morgan fingerprint density at radius 2 is 1.75 bits per heavy atom. The second-order valence-electron chi connectivity index (χ2n) is 4.21. The lowest BCUT2D eigenvalue weighted by atomic mass is 10.1. The lowest BCUT2D eigenvalue weighted by molar-refractivity contribution is 0.0692. The van der Waals surface area contributed by atoms with Gasteiger partial charge in [-0.25, -0.2) is 9.18 Å². The summed E-state index contributed by atoms with van der Waals surface area (Å²) in [5.74, 6) is -1.88. The fourth-order valence-corrected chi connectivity index (χ4v) is 1.67. The summed E-state index contributed by atoms with van der Waals surface area (Å²) < 4.78 is 18.8. The first-order valence-electron chi connectivity index (χ1n) is 5.94. The zero-order chi connectivity index (χ0) is 14.5. The van der Waals surface area contributed by atoms with E-state index in [1.807, 2.05) is 0 Å². The fraction of sp³-hybridized carbons (Fsp3) is 0.133. The van der Waals surface area contributed by atoms with Gasteiger partial charge in [-0.1, -0.05) is 24.3 Å². The topological polar surface area (TPSA) is 66.8 Å². The number of aromatic carboxylic acids is 1. The van der Waals surface area contributed by atoms with Crippen molar-refractivity contribution in [3.8, 4) is 5.75 Å². The third-order valence-electron chi connectivity index (χ3n) is 2.78. The Morgan fingerprint density at radius 3 is 2.30 bits per heavy atom. The number of halogens is 1. The molecule has 0 radical (unpaired) electrons. The van der Waals surface area contributed by atoms with Crippen LogP contribution in [0.25, 0.3) is 0 Å². The largest absolute Gasteiger partial charge is 0.489 e. The van der Waals surface area contributed by atoms with Gasteiger partial charge in [0.05, 0.1) is 12.2 Å². The highest BCUT2D eigenvalue weighted by Gasteiger charge is 2.10. The van der Waals surface area contributed by atoms with Crippen LogP contribution in [0.15, 0.2) is 42.5 Å². The van der Waals surface area contributed by atoms with Crippen LogP contribution in [0.1, 0.15) is 21.5 Å². The number of hydrogen-bond donors (Lipinski definition) is 2. The summed E-state index contributed by atoms with van der Waals surface area (Å²) in [6, 6.07) is 10.8. The van der Waals surface area contributed by atoms with E-state index in [4.69, 9.17) is 14.9 Å². The highest BCUT2D eigenvalue weighted by atomic mass is 19.1. The molecule has 0 amide bonds. The van der Waals surface area contributed by atoms with Gasteiger partial charge in [0.1, 0.15) is 18.2 Å². The van der Waals surface area contributed by atoms with Gasteiger partial charge in [-0.15, -0.1) is 0 Å². The molecule has 0 heterocycles. The molecule has 2 aromatic rings. The second kappa shape index (κ2) is 6.16. The molecule has 0 saturated heterocycles. The maximum absolute atomic E-state index is 13.4. The number of ether oxygens (including phenoxy) is 1. The minimum absolute atomic E-state index is 0.0248. The number of aliphatic hydroxyl groups is 1. The standard InChI is InChI=1S/C15H13FO4/c16-14-7-12(5-6-13(14)15(18)19)20-9-11-3-1-10(8-17)2-4-11/h1-7,17H,8-9H2,(H,18,19). The summed E-state index contributed by atoms with van der Waals surface area (Å²) in [6.07, 6.45) is 0. The molecule has 0 saturated carbocycles. The van der Waals surface area contributed by atoms with Crippen LogP contribution in [-0.2, 0) is 13.2 Å². The predicted octanol–water partition coefficient (Wildman–Crippen LogP) is 2.60. The van der Waals surface area contributed by atoms with E-state index in [0.717, 1.165) is 17.2 Å². The zero-order valence-electron chi connectivity index (χ0n) is 10.5. The normalized spacial score (nSPS) is 10.3. The van der Waals surface area contributed by atoms with Crippen molar-refractivity contribution < 1.29 is 24.1 Å². The highest BCUT2D eigenvalue weighted by molar-refractivity contribution is 5.88. The van der Waals surface area contributed by atoms with Crippen molar-refractivity contribution in [2.24, 2.45) is 0 Å². The Hall–Kier alpha value is -2.40. The summed E-state index contributed by atoms with van der Waals surface area (Å²) in [7, 11) is 0. The number of aliphatic hydroxyl groups excluding tert-OH is 1. The van der Waals surface area contributed by atoms with Crippen molar-refractivity contribution in [3.05, 3.63) is 65.0 Å². The molecular weight excluding hydrogens is 263 g/mol. The van der Waals surface area contributed by atoms with Crippen LogP contribution < -0.4 is 4.74 Å². The van der Waals surface area contributed by atoms with Crippen LogP contribution in [0.2, 0.25) is 0 Å². The molecule has 4 nitrogen and oxygen atoms in total. The summed E-state index contributed by atoms with van der Waals surface area (Å²) in [5.41, 5.74) is 1.28. The summed E-state index contributed by atoms with van der Waals surface area (Å²) in [4.78, 5) is 10.7. The second-order valence-corrected chi connectivity index (χ2v) is 4.21. The van der Waals surface area contributed by atoms with E-state index < -0.39 is 11.8 Å². The molecule has 2 aromatic carbocycles. The molecule has 0 fully saturated rings. The highest BCUT2D eigenvalue weighted by Crippen LogP contribution is 2.18. The van der Waals surface area contributed by atoms with Gasteiger partial charge >= 0.3 is 5.97 Å². The van der Waals surface area contributed by atoms with Gasteiger partial charge in [-0.2, -0.15) is 0 Å². The molecule has 0 bridgehead atoms. The predicted molar refractivity (Wildman–Crippen MR) is 70.1 cm³/mol. The van der Waals surface area contributed by atoms with E-state index in [2.05, 4.69) is 0 Å². The summed E-state index contributed by atoms with van der Waals surface area (Å²) in [6.45, 7) is 0.209. The average molecular weight is 276 g/mol. The molecule has 2 rings (SSSR count). The molecule has 5 heteroatoms. The Labute approximate surface area is 115 Å². The number of hydrogen-bond acceptors (Lipinski definition) is 3. The van der Waals surface area contributed by atoms with Crippen LogP contribution in [0.5, 0.6) is 5.75 Å². The molecule has 0 aliphatic heterocycles. The Morgan fingerprint density at radius 1 is 1.10 bits per heavy atom. The number of carboxylic acids is 1. The van der Waals surface area contributed by atoms with Gasteiger partial charge in [0.25, 0.3) is 0 Å². The van der Waals surface area contributed by atoms with Crippen molar-refractivity contribution >= 4 is 5.97 Å². The van der Waals surface area contributed by atoms with Crippen LogP contribution in [-0.4, -0.2) is 16.2 Å². The average Bonchev–Trinajstić information content (AvgIpc) is 2.45. The van der Waals surface area contributed by atoms with Gasteiger partial charge < -0.3 is 14.9 Å². The fourth-order valence-electron chi connectivity index (χ4n) is 1.67. The van der Waals surface area contributed by atoms with Crippen molar-refractivity contribution in [2.45, 2.75) is 13.2 Å². The van der Waals surface area contributed by atoms with Crippen LogP contribution in [0.3, 0.4) is 0 Å². The van der Waals surface area contributed by atoms with Gasteiger partial charge in [-0.05, 0) is 23.3 Å². The molecule has 0 spiro atoms. The lowest BCUT2D eigenvalue weighted by Crippen LogP contribution is -2.01. The SMILES string of the molecule is O=C(O)c1ccc(OCc2ccc(CO)cc2)cc1F. The van der Waals surface area contributed by atoms with E-state index >= 15 is 0 Å². The Kier molecular flexibility index (Phi) is 4.32. The monoisotopic (exact) mass is 276 g/mol. The van der Waals surface area contributed by atoms with E-state index in [1.54, 1.807) is 24.3 Å². The van der Waals surface area contributed by atoms with Gasteiger partial charge in [0, 0.05) is 6.07 Å². The van der Waals surface area contributed by atoms with Crippen molar-refractivity contribution in [3.63, 3.8) is 0 Å². The zero-order valence-corrected chi connectivity index (χ0v) is 10.5. The number of carboxylic acid groups (broad SMARTS) is 1. The summed E-state index contributed by atoms with van der Waals surface area (Å²) in [5, 5.41) is 17.6. The first kappa shape index (κ1) is 14.0. The smallest absolute Gasteiger partial charge is 0.338 e. The van der Waals surface area contributed by atoms with Gasteiger partial charge in [0.2, 0.25) is 0 Å². The van der Waals surface area contributed by atoms with Crippen LogP contribution >= 0.6 is 0 Å². The van der Waals surface area contributed by atoms with Crippen molar-refractivity contribution in [1.29, 1.82) is 0 Å². The first-order chi connectivity index (χ1) is 9.60. The van der Waals surface area contributed by atoms with E-state index in [1.165, 1.54) is 12.1 Å². The molecule has 0 unspecified atom stereocenters. The maximum Gasteiger partial charge on any atom is 0.338 e. The molecule has 0 aliphatic carbocycles. The van der Waals surface area contributed by atoms with E-state index in [9.17, 15) is 9.18 Å². The molecular formula is C15H13FO4. The van der Waals surface area contributed by atoms with Crippen LogP contribution in [0.4, 0.5) is 4.39 Å². The third-order valence-corrected chi connectivity index (χ3v) is 2.78. The van der Waals surface area contributed by atoms with E-state index in [-0.39, 0.29) is 24.5 Å². The minimum Gasteiger partial charge on any atom is -0.489 e. The van der Waals surface area contributed by atoms with Crippen molar-refractivity contribution in [2.75, 3.05) is 0 Å². The van der Waals surface area contributed by atoms with Gasteiger partial charge in [-0.3, -0.25) is 0 Å². The molecule has 2 N–H and O–H groups in total. The van der Waals surface area contributed by atoms with Gasteiger partial charge in [0.15, 0.2) is 0 Å². The lowest BCUT2D eigenvalue weighted by Gasteiger charge is -2.07. The number of carbonyl (C=O) groups is 1. The Balaban J connectivity index is 2.03. The summed E-state index contributed by atoms with van der Waals surface area (Å²) >= 11 is 0. The Bertz CT molecular complexity index is 608.